The van der Waals surface area contributed by atoms with Gasteiger partial charge in [0.2, 0.25) is 0 Å². The molecule has 0 saturated carbocycles. The van der Waals surface area contributed by atoms with E-state index in [1.807, 2.05) is 6.07 Å². The summed E-state index contributed by atoms with van der Waals surface area (Å²) in [6.45, 7) is 0. The Bertz CT molecular complexity index is 591. The summed E-state index contributed by atoms with van der Waals surface area (Å²) in [7, 11) is 0. The highest BCUT2D eigenvalue weighted by Gasteiger charge is 2.06. The molecule has 2 aromatic rings. The first-order chi connectivity index (χ1) is 9.13. The first-order valence-electron chi connectivity index (χ1n) is 5.63. The van der Waals surface area contributed by atoms with Gasteiger partial charge in [0.1, 0.15) is 11.6 Å². The molecule has 0 atom stereocenters. The summed E-state index contributed by atoms with van der Waals surface area (Å²) < 4.78 is 13.8. The van der Waals surface area contributed by atoms with Crippen LogP contribution in [-0.2, 0) is 11.2 Å². The van der Waals surface area contributed by atoms with Crippen LogP contribution in [-0.4, -0.2) is 16.5 Å². The molecule has 1 heterocycles. The molecule has 19 heavy (non-hydrogen) atoms. The minimum atomic E-state index is -0.284. The highest BCUT2D eigenvalue weighted by atomic mass is 79.9. The molecule has 2 rings (SSSR count). The maximum atomic E-state index is 13.0. The third-order valence-electron chi connectivity index (χ3n) is 2.36. The lowest BCUT2D eigenvalue weighted by molar-refractivity contribution is -0.116. The summed E-state index contributed by atoms with van der Waals surface area (Å²) in [6, 6.07) is 8.12. The van der Waals surface area contributed by atoms with Gasteiger partial charge in [-0.1, -0.05) is 6.07 Å². The standard InChI is InChI=1S/C14H11BrFNOS/c15-11-4-10(7-17-8-11)5-13(18)9-19-14-3-1-2-12(16)6-14/h1-4,6-8H,5,9H2. The Morgan fingerprint density at radius 3 is 2.89 bits per heavy atom. The molecule has 98 valence electrons. The van der Waals surface area contributed by atoms with Gasteiger partial charge in [-0.15, -0.1) is 11.8 Å². The van der Waals surface area contributed by atoms with Gasteiger partial charge in [0, 0.05) is 28.2 Å². The highest BCUT2D eigenvalue weighted by Crippen LogP contribution is 2.19. The Morgan fingerprint density at radius 2 is 2.16 bits per heavy atom. The van der Waals surface area contributed by atoms with Crippen molar-refractivity contribution in [1.29, 1.82) is 0 Å². The first-order valence-corrected chi connectivity index (χ1v) is 7.41. The smallest absolute Gasteiger partial charge is 0.147 e. The molecule has 0 N–H and O–H groups in total. The van der Waals surface area contributed by atoms with Crippen molar-refractivity contribution in [2.24, 2.45) is 0 Å². The fraction of sp³-hybridized carbons (Fsp3) is 0.143. The summed E-state index contributed by atoms with van der Waals surface area (Å²) in [5.41, 5.74) is 0.874. The molecule has 0 amide bonds. The van der Waals surface area contributed by atoms with E-state index in [1.165, 1.54) is 23.9 Å². The zero-order chi connectivity index (χ0) is 13.7. The number of rotatable bonds is 5. The maximum Gasteiger partial charge on any atom is 0.147 e. The quantitative estimate of drug-likeness (QED) is 0.774. The predicted molar refractivity (Wildman–Crippen MR) is 77.8 cm³/mol. The molecule has 1 aromatic heterocycles. The van der Waals surface area contributed by atoms with Crippen molar-refractivity contribution in [3.05, 3.63) is 58.6 Å². The van der Waals surface area contributed by atoms with Crippen molar-refractivity contribution in [3.63, 3.8) is 0 Å². The van der Waals surface area contributed by atoms with Crippen LogP contribution in [0.2, 0.25) is 0 Å². The summed E-state index contributed by atoms with van der Waals surface area (Å²) in [6.07, 6.45) is 3.69. The largest absolute Gasteiger partial charge is 0.298 e. The van der Waals surface area contributed by atoms with Crippen LogP contribution in [0.25, 0.3) is 0 Å². The number of pyridine rings is 1. The second-order valence-corrected chi connectivity index (χ2v) is 5.94. The molecule has 0 aliphatic heterocycles. The van der Waals surface area contributed by atoms with E-state index in [0.717, 1.165) is 14.9 Å². The van der Waals surface area contributed by atoms with E-state index in [1.54, 1.807) is 24.5 Å². The van der Waals surface area contributed by atoms with Gasteiger partial charge in [0.15, 0.2) is 0 Å². The van der Waals surface area contributed by atoms with Gasteiger partial charge < -0.3 is 0 Å². The van der Waals surface area contributed by atoms with Crippen molar-refractivity contribution >= 4 is 33.5 Å². The molecule has 1 aromatic carbocycles. The number of Topliss-reactive ketones (excluding diaryl/α,β-unsaturated/α-hetero) is 1. The van der Waals surface area contributed by atoms with E-state index >= 15 is 0 Å². The molecule has 0 unspecified atom stereocenters. The number of benzene rings is 1. The maximum absolute atomic E-state index is 13.0. The third-order valence-corrected chi connectivity index (χ3v) is 3.85. The Labute approximate surface area is 123 Å². The lowest BCUT2D eigenvalue weighted by Crippen LogP contribution is -2.05. The average Bonchev–Trinajstić information content (AvgIpc) is 2.36. The molecule has 0 bridgehead atoms. The number of hydrogen-bond donors (Lipinski definition) is 0. The lowest BCUT2D eigenvalue weighted by Gasteiger charge is -2.02. The van der Waals surface area contributed by atoms with Crippen molar-refractivity contribution in [2.75, 3.05) is 5.75 Å². The number of ketones is 1. The van der Waals surface area contributed by atoms with Crippen LogP contribution in [0, 0.1) is 5.82 Å². The lowest BCUT2D eigenvalue weighted by atomic mass is 10.2. The van der Waals surface area contributed by atoms with Crippen LogP contribution >= 0.6 is 27.7 Å². The molecule has 0 saturated heterocycles. The molecule has 5 heteroatoms. The van der Waals surface area contributed by atoms with Gasteiger partial charge >= 0.3 is 0 Å². The number of aromatic nitrogens is 1. The van der Waals surface area contributed by atoms with Gasteiger partial charge in [0.25, 0.3) is 0 Å². The fourth-order valence-electron chi connectivity index (χ4n) is 1.55. The monoisotopic (exact) mass is 339 g/mol. The average molecular weight is 340 g/mol. The van der Waals surface area contributed by atoms with E-state index in [0.29, 0.717) is 12.2 Å². The topological polar surface area (TPSA) is 30.0 Å². The minimum Gasteiger partial charge on any atom is -0.298 e. The zero-order valence-electron chi connectivity index (χ0n) is 9.98. The Balaban J connectivity index is 1.88. The van der Waals surface area contributed by atoms with Crippen LogP contribution in [0.4, 0.5) is 4.39 Å². The van der Waals surface area contributed by atoms with Crippen molar-refractivity contribution in [2.45, 2.75) is 11.3 Å². The van der Waals surface area contributed by atoms with Gasteiger partial charge in [-0.25, -0.2) is 4.39 Å². The van der Waals surface area contributed by atoms with Crippen molar-refractivity contribution in [1.82, 2.24) is 4.98 Å². The second-order valence-electron chi connectivity index (χ2n) is 3.97. The van der Waals surface area contributed by atoms with E-state index in [-0.39, 0.29) is 11.6 Å². The second kappa shape index (κ2) is 6.82. The van der Waals surface area contributed by atoms with E-state index in [9.17, 15) is 9.18 Å². The Morgan fingerprint density at radius 1 is 1.32 bits per heavy atom. The summed E-state index contributed by atoms with van der Waals surface area (Å²) in [4.78, 5) is 16.6. The van der Waals surface area contributed by atoms with Crippen molar-refractivity contribution in [3.8, 4) is 0 Å². The van der Waals surface area contributed by atoms with Crippen LogP contribution in [0.5, 0.6) is 0 Å². The van der Waals surface area contributed by atoms with Crippen molar-refractivity contribution < 1.29 is 9.18 Å². The van der Waals surface area contributed by atoms with Gasteiger partial charge in [-0.2, -0.15) is 0 Å². The third kappa shape index (κ3) is 4.76. The molecule has 0 radical (unpaired) electrons. The SMILES string of the molecule is O=C(CSc1cccc(F)c1)Cc1cncc(Br)c1. The number of carbonyl (C=O) groups is 1. The van der Waals surface area contributed by atoms with Crippen LogP contribution in [0.3, 0.4) is 0 Å². The van der Waals surface area contributed by atoms with Gasteiger partial charge in [0.05, 0.1) is 5.75 Å². The normalized spacial score (nSPS) is 10.4. The molecule has 0 aliphatic carbocycles. The molecule has 0 aliphatic rings. The van der Waals surface area contributed by atoms with Crippen LogP contribution in [0.15, 0.2) is 52.1 Å². The van der Waals surface area contributed by atoms with Gasteiger partial charge in [-0.3, -0.25) is 9.78 Å². The molecular weight excluding hydrogens is 329 g/mol. The molecule has 0 fully saturated rings. The number of hydrogen-bond acceptors (Lipinski definition) is 3. The molecule has 2 nitrogen and oxygen atoms in total. The van der Waals surface area contributed by atoms with E-state index in [2.05, 4.69) is 20.9 Å². The number of nitrogens with zero attached hydrogens (tertiary/aromatic N) is 1. The highest BCUT2D eigenvalue weighted by molar-refractivity contribution is 9.10. The fourth-order valence-corrected chi connectivity index (χ4v) is 2.76. The Hall–Kier alpha value is -1.20. The summed E-state index contributed by atoms with van der Waals surface area (Å²) >= 11 is 4.66. The number of carbonyl (C=O) groups excluding carboxylic acids is 1. The molecule has 0 spiro atoms. The molecular formula is C14H11BrFNOS. The Kier molecular flexibility index (Phi) is 5.10. The summed E-state index contributed by atoms with van der Waals surface area (Å²) in [5, 5.41) is 0. The first kappa shape index (κ1) is 14.2. The number of thioether (sulfide) groups is 1. The predicted octanol–water partition coefficient (Wildman–Crippen LogP) is 3.89. The minimum absolute atomic E-state index is 0.0918. The zero-order valence-corrected chi connectivity index (χ0v) is 12.4. The van der Waals surface area contributed by atoms with E-state index in [4.69, 9.17) is 0 Å². The summed E-state index contributed by atoms with van der Waals surface area (Å²) in [5.74, 6) is 0.137. The van der Waals surface area contributed by atoms with Crippen LogP contribution < -0.4 is 0 Å². The van der Waals surface area contributed by atoms with E-state index < -0.39 is 0 Å². The van der Waals surface area contributed by atoms with Gasteiger partial charge in [-0.05, 0) is 45.8 Å². The van der Waals surface area contributed by atoms with Crippen LogP contribution in [0.1, 0.15) is 5.56 Å². The number of halogens is 2.